The summed E-state index contributed by atoms with van der Waals surface area (Å²) < 4.78 is 0. The smallest absolute Gasteiger partial charge is 0.0542 e. The fourth-order valence-electron chi connectivity index (χ4n) is 4.53. The number of aliphatic hydroxyl groups is 2. The summed E-state index contributed by atoms with van der Waals surface area (Å²) in [5.74, 6) is 3.48. The summed E-state index contributed by atoms with van der Waals surface area (Å²) in [6.45, 7) is 4.60. The van der Waals surface area contributed by atoms with Crippen LogP contribution in [-0.4, -0.2) is 22.9 Å². The maximum atomic E-state index is 9.83. The van der Waals surface area contributed by atoms with Crippen molar-refractivity contribution in [2.24, 2.45) is 29.6 Å². The normalized spacial score (nSPS) is 45.4. The first-order valence-corrected chi connectivity index (χ1v) is 6.94. The van der Waals surface area contributed by atoms with Crippen molar-refractivity contribution in [2.45, 2.75) is 52.1 Å². The monoisotopic (exact) mass is 226 g/mol. The van der Waals surface area contributed by atoms with E-state index in [9.17, 15) is 5.11 Å². The summed E-state index contributed by atoms with van der Waals surface area (Å²) in [7, 11) is 0. The van der Waals surface area contributed by atoms with Gasteiger partial charge in [-0.2, -0.15) is 0 Å². The van der Waals surface area contributed by atoms with Crippen LogP contribution in [0.5, 0.6) is 0 Å². The lowest BCUT2D eigenvalue weighted by Crippen LogP contribution is -2.38. The van der Waals surface area contributed by atoms with Crippen molar-refractivity contribution < 1.29 is 10.2 Å². The van der Waals surface area contributed by atoms with Gasteiger partial charge in [-0.25, -0.2) is 0 Å². The van der Waals surface area contributed by atoms with Gasteiger partial charge in [0, 0.05) is 6.61 Å². The predicted octanol–water partition coefficient (Wildman–Crippen LogP) is 2.44. The van der Waals surface area contributed by atoms with Crippen molar-refractivity contribution in [2.75, 3.05) is 6.61 Å². The third kappa shape index (κ3) is 2.14. The molecule has 2 heteroatoms. The summed E-state index contributed by atoms with van der Waals surface area (Å²) in [6, 6.07) is 0. The number of fused-ring (bicyclic) bond motifs is 1. The summed E-state index contributed by atoms with van der Waals surface area (Å²) in [6.07, 6.45) is 5.96. The molecule has 0 spiro atoms. The zero-order valence-electron chi connectivity index (χ0n) is 10.6. The SMILES string of the molecule is CC(O)C1CCC2CCC(CCO)C2C1C. The van der Waals surface area contributed by atoms with E-state index in [0.717, 1.165) is 18.3 Å². The second kappa shape index (κ2) is 5.05. The predicted molar refractivity (Wildman–Crippen MR) is 65.0 cm³/mol. The van der Waals surface area contributed by atoms with Gasteiger partial charge >= 0.3 is 0 Å². The Bertz CT molecular complexity index is 227. The second-order valence-electron chi connectivity index (χ2n) is 6.03. The molecule has 16 heavy (non-hydrogen) atoms. The highest BCUT2D eigenvalue weighted by Gasteiger charge is 2.45. The van der Waals surface area contributed by atoms with Crippen LogP contribution < -0.4 is 0 Å². The third-order valence-corrected chi connectivity index (χ3v) is 5.27. The quantitative estimate of drug-likeness (QED) is 0.776. The summed E-state index contributed by atoms with van der Waals surface area (Å²) in [5.41, 5.74) is 0. The first kappa shape index (κ1) is 12.4. The number of aliphatic hydroxyl groups excluding tert-OH is 2. The molecule has 2 N–H and O–H groups in total. The molecule has 2 saturated carbocycles. The van der Waals surface area contributed by atoms with Crippen molar-refractivity contribution >= 4 is 0 Å². The largest absolute Gasteiger partial charge is 0.396 e. The van der Waals surface area contributed by atoms with Gasteiger partial charge in [0.15, 0.2) is 0 Å². The van der Waals surface area contributed by atoms with Gasteiger partial charge in [-0.15, -0.1) is 0 Å². The fraction of sp³-hybridized carbons (Fsp3) is 1.00. The van der Waals surface area contributed by atoms with Gasteiger partial charge in [0.05, 0.1) is 6.10 Å². The van der Waals surface area contributed by atoms with Gasteiger partial charge in [-0.05, 0) is 68.6 Å². The molecule has 2 aliphatic rings. The minimum Gasteiger partial charge on any atom is -0.396 e. The summed E-state index contributed by atoms with van der Waals surface area (Å²) in [5, 5.41) is 19.0. The van der Waals surface area contributed by atoms with Crippen LogP contribution in [0.4, 0.5) is 0 Å². The van der Waals surface area contributed by atoms with Crippen LogP contribution in [0.25, 0.3) is 0 Å². The molecule has 2 nitrogen and oxygen atoms in total. The molecule has 0 saturated heterocycles. The molecule has 0 aromatic heterocycles. The summed E-state index contributed by atoms with van der Waals surface area (Å²) in [4.78, 5) is 0. The maximum Gasteiger partial charge on any atom is 0.0542 e. The van der Waals surface area contributed by atoms with E-state index < -0.39 is 0 Å². The lowest BCUT2D eigenvalue weighted by Gasteiger charge is -2.42. The van der Waals surface area contributed by atoms with Crippen LogP contribution >= 0.6 is 0 Å². The van der Waals surface area contributed by atoms with Crippen LogP contribution in [0.2, 0.25) is 0 Å². The first-order valence-electron chi connectivity index (χ1n) is 6.94. The van der Waals surface area contributed by atoms with Gasteiger partial charge in [0.2, 0.25) is 0 Å². The second-order valence-corrected chi connectivity index (χ2v) is 6.03. The average molecular weight is 226 g/mol. The highest BCUT2D eigenvalue weighted by Crippen LogP contribution is 2.52. The Morgan fingerprint density at radius 2 is 1.88 bits per heavy atom. The van der Waals surface area contributed by atoms with E-state index in [1.807, 2.05) is 6.92 Å². The third-order valence-electron chi connectivity index (χ3n) is 5.27. The Labute approximate surface area is 99.1 Å². The molecule has 2 fully saturated rings. The molecule has 0 heterocycles. The molecule has 6 atom stereocenters. The van der Waals surface area contributed by atoms with E-state index in [2.05, 4.69) is 6.92 Å². The van der Waals surface area contributed by atoms with E-state index in [0.29, 0.717) is 24.4 Å². The molecule has 0 aromatic carbocycles. The number of rotatable bonds is 3. The Hall–Kier alpha value is -0.0800. The maximum absolute atomic E-state index is 9.83. The Balaban J connectivity index is 2.06. The highest BCUT2D eigenvalue weighted by atomic mass is 16.3. The Morgan fingerprint density at radius 3 is 2.50 bits per heavy atom. The van der Waals surface area contributed by atoms with Gasteiger partial charge < -0.3 is 10.2 Å². The van der Waals surface area contributed by atoms with Gasteiger partial charge in [0.25, 0.3) is 0 Å². The van der Waals surface area contributed by atoms with Gasteiger partial charge in [-0.1, -0.05) is 6.92 Å². The van der Waals surface area contributed by atoms with Crippen molar-refractivity contribution in [1.82, 2.24) is 0 Å². The van der Waals surface area contributed by atoms with E-state index in [4.69, 9.17) is 5.11 Å². The summed E-state index contributed by atoms with van der Waals surface area (Å²) >= 11 is 0. The lowest BCUT2D eigenvalue weighted by molar-refractivity contribution is 0.00761. The minimum absolute atomic E-state index is 0.161. The molecule has 0 amide bonds. The topological polar surface area (TPSA) is 40.5 Å². The molecule has 0 bridgehead atoms. The fourth-order valence-corrected chi connectivity index (χ4v) is 4.53. The lowest BCUT2D eigenvalue weighted by atomic mass is 9.64. The zero-order chi connectivity index (χ0) is 11.7. The van der Waals surface area contributed by atoms with Crippen LogP contribution in [0, 0.1) is 29.6 Å². The van der Waals surface area contributed by atoms with Gasteiger partial charge in [-0.3, -0.25) is 0 Å². The van der Waals surface area contributed by atoms with Crippen molar-refractivity contribution in [3.8, 4) is 0 Å². The van der Waals surface area contributed by atoms with E-state index >= 15 is 0 Å². The van der Waals surface area contributed by atoms with Crippen LogP contribution in [0.1, 0.15) is 46.0 Å². The minimum atomic E-state index is -0.161. The molecule has 94 valence electrons. The molecule has 2 aliphatic carbocycles. The molecular formula is C14H26O2. The number of hydrogen-bond acceptors (Lipinski definition) is 2. The van der Waals surface area contributed by atoms with Crippen LogP contribution in [-0.2, 0) is 0 Å². The molecule has 0 aliphatic heterocycles. The molecular weight excluding hydrogens is 200 g/mol. The van der Waals surface area contributed by atoms with E-state index in [1.54, 1.807) is 0 Å². The highest BCUT2D eigenvalue weighted by molar-refractivity contribution is 4.94. The first-order chi connectivity index (χ1) is 7.65. The molecule has 0 aromatic rings. The molecule has 6 unspecified atom stereocenters. The average Bonchev–Trinajstić information content (AvgIpc) is 2.63. The van der Waals surface area contributed by atoms with Crippen molar-refractivity contribution in [3.05, 3.63) is 0 Å². The van der Waals surface area contributed by atoms with Gasteiger partial charge in [0.1, 0.15) is 0 Å². The molecule has 0 radical (unpaired) electrons. The Morgan fingerprint density at radius 1 is 1.19 bits per heavy atom. The molecule has 2 rings (SSSR count). The van der Waals surface area contributed by atoms with E-state index in [-0.39, 0.29) is 6.10 Å². The number of hydrogen-bond donors (Lipinski definition) is 2. The van der Waals surface area contributed by atoms with Crippen LogP contribution in [0.3, 0.4) is 0 Å². The van der Waals surface area contributed by atoms with Crippen molar-refractivity contribution in [3.63, 3.8) is 0 Å². The van der Waals surface area contributed by atoms with Crippen molar-refractivity contribution in [1.29, 1.82) is 0 Å². The standard InChI is InChI=1S/C14H26O2/c1-9-13(10(2)16)6-5-11-3-4-12(7-8-15)14(9)11/h9-16H,3-8H2,1-2H3. The van der Waals surface area contributed by atoms with Crippen LogP contribution in [0.15, 0.2) is 0 Å². The van der Waals surface area contributed by atoms with E-state index in [1.165, 1.54) is 25.7 Å². The Kier molecular flexibility index (Phi) is 3.91. The zero-order valence-corrected chi connectivity index (χ0v) is 10.6.